The first-order chi connectivity index (χ1) is 6.70. The minimum Gasteiger partial charge on any atom is -0.235 e. The summed E-state index contributed by atoms with van der Waals surface area (Å²) >= 11 is 0. The van der Waals surface area contributed by atoms with Crippen LogP contribution in [0.5, 0.6) is 0 Å². The average Bonchev–Trinajstić information content (AvgIpc) is 2.60. The van der Waals surface area contributed by atoms with Crippen LogP contribution >= 0.6 is 0 Å². The monoisotopic (exact) mass is 190 g/mol. The van der Waals surface area contributed by atoms with Crippen molar-refractivity contribution in [1.29, 1.82) is 0 Å². The lowest BCUT2D eigenvalue weighted by molar-refractivity contribution is 0.375. The fraction of sp³-hybridized carbons (Fsp3) is 0.500. The Morgan fingerprint density at radius 1 is 1.29 bits per heavy atom. The van der Waals surface area contributed by atoms with Gasteiger partial charge in [-0.2, -0.15) is 0 Å². The number of nitrogens with zero attached hydrogens (tertiary/aromatic N) is 4. The van der Waals surface area contributed by atoms with Gasteiger partial charge in [0.25, 0.3) is 0 Å². The Kier molecular flexibility index (Phi) is 2.19. The number of aromatic nitrogens is 4. The molecule has 2 rings (SSSR count). The molecule has 2 aromatic rings. The molecule has 2 heterocycles. The Morgan fingerprint density at radius 3 is 2.79 bits per heavy atom. The first-order valence-corrected chi connectivity index (χ1v) is 4.86. The summed E-state index contributed by atoms with van der Waals surface area (Å²) < 4.78 is 1.89. The summed E-state index contributed by atoms with van der Waals surface area (Å²) in [6.45, 7) is 6.47. The van der Waals surface area contributed by atoms with Crippen molar-refractivity contribution < 1.29 is 0 Å². The van der Waals surface area contributed by atoms with Crippen molar-refractivity contribution in [3.05, 3.63) is 18.3 Å². The first kappa shape index (κ1) is 9.12. The van der Waals surface area contributed by atoms with Crippen molar-refractivity contribution in [2.75, 3.05) is 0 Å². The van der Waals surface area contributed by atoms with Crippen LogP contribution in [0.2, 0.25) is 0 Å². The molecule has 0 saturated carbocycles. The summed E-state index contributed by atoms with van der Waals surface area (Å²) in [7, 11) is 0. The van der Waals surface area contributed by atoms with Gasteiger partial charge in [-0.05, 0) is 25.0 Å². The fourth-order valence-corrected chi connectivity index (χ4v) is 1.34. The van der Waals surface area contributed by atoms with Crippen molar-refractivity contribution >= 4 is 11.2 Å². The van der Waals surface area contributed by atoms with Crippen molar-refractivity contribution in [2.45, 2.75) is 26.8 Å². The van der Waals surface area contributed by atoms with E-state index in [-0.39, 0.29) is 0 Å². The van der Waals surface area contributed by atoms with Crippen LogP contribution in [-0.2, 0) is 0 Å². The summed E-state index contributed by atoms with van der Waals surface area (Å²) in [6, 6.07) is 4.13. The average molecular weight is 190 g/mol. The molecule has 2 aromatic heterocycles. The summed E-state index contributed by atoms with van der Waals surface area (Å²) in [5.74, 6) is 0.530. The summed E-state index contributed by atoms with van der Waals surface area (Å²) in [6.07, 6.45) is 1.77. The zero-order valence-electron chi connectivity index (χ0n) is 8.68. The Balaban J connectivity index is 2.53. The third kappa shape index (κ3) is 1.36. The molecule has 0 aliphatic heterocycles. The van der Waals surface area contributed by atoms with E-state index >= 15 is 0 Å². The zero-order valence-corrected chi connectivity index (χ0v) is 8.68. The van der Waals surface area contributed by atoms with E-state index in [0.717, 1.165) is 11.2 Å². The van der Waals surface area contributed by atoms with Crippen LogP contribution in [0.15, 0.2) is 18.3 Å². The van der Waals surface area contributed by atoms with Gasteiger partial charge in [0, 0.05) is 6.20 Å². The second-order valence-electron chi connectivity index (χ2n) is 3.86. The van der Waals surface area contributed by atoms with E-state index < -0.39 is 0 Å². The SMILES string of the molecule is CC(C)[C@@H](C)n1nnc2cccnc21. The van der Waals surface area contributed by atoms with Gasteiger partial charge in [0.05, 0.1) is 6.04 Å². The maximum Gasteiger partial charge on any atom is 0.178 e. The minimum atomic E-state index is 0.329. The molecule has 0 aromatic carbocycles. The standard InChI is InChI=1S/C10H14N4/c1-7(2)8(3)14-10-9(12-13-14)5-4-6-11-10/h4-8H,1-3H3/t8-/m1/s1. The largest absolute Gasteiger partial charge is 0.235 e. The Labute approximate surface area is 83.0 Å². The van der Waals surface area contributed by atoms with Crippen molar-refractivity contribution in [2.24, 2.45) is 5.92 Å². The molecule has 0 amide bonds. The number of hydrogen-bond acceptors (Lipinski definition) is 3. The van der Waals surface area contributed by atoms with Crippen LogP contribution < -0.4 is 0 Å². The van der Waals surface area contributed by atoms with Gasteiger partial charge in [0.15, 0.2) is 5.65 Å². The molecule has 0 aliphatic carbocycles. The highest BCUT2D eigenvalue weighted by atomic mass is 15.4. The molecule has 0 saturated heterocycles. The van der Waals surface area contributed by atoms with Gasteiger partial charge < -0.3 is 0 Å². The lowest BCUT2D eigenvalue weighted by Crippen LogP contribution is -2.13. The maximum absolute atomic E-state index is 4.28. The van der Waals surface area contributed by atoms with E-state index in [0.29, 0.717) is 12.0 Å². The molecular formula is C10H14N4. The van der Waals surface area contributed by atoms with Gasteiger partial charge >= 0.3 is 0 Å². The summed E-state index contributed by atoms with van der Waals surface area (Å²) in [4.78, 5) is 4.28. The second kappa shape index (κ2) is 3.36. The third-order valence-corrected chi connectivity index (χ3v) is 2.58. The highest BCUT2D eigenvalue weighted by Gasteiger charge is 2.14. The molecule has 4 heteroatoms. The first-order valence-electron chi connectivity index (χ1n) is 4.86. The topological polar surface area (TPSA) is 43.6 Å². The third-order valence-electron chi connectivity index (χ3n) is 2.58. The van der Waals surface area contributed by atoms with E-state index in [1.54, 1.807) is 6.20 Å². The smallest absolute Gasteiger partial charge is 0.178 e. The maximum atomic E-state index is 4.28. The van der Waals surface area contributed by atoms with Gasteiger partial charge in [0.1, 0.15) is 5.52 Å². The highest BCUT2D eigenvalue weighted by molar-refractivity contribution is 5.68. The van der Waals surface area contributed by atoms with Crippen LogP contribution in [0.25, 0.3) is 11.2 Å². The van der Waals surface area contributed by atoms with Gasteiger partial charge in [-0.15, -0.1) is 5.10 Å². The molecule has 4 nitrogen and oxygen atoms in total. The van der Waals surface area contributed by atoms with E-state index in [2.05, 4.69) is 36.1 Å². The van der Waals surface area contributed by atoms with Gasteiger partial charge in [-0.25, -0.2) is 9.67 Å². The van der Waals surface area contributed by atoms with Gasteiger partial charge in [-0.3, -0.25) is 0 Å². The molecule has 0 bridgehead atoms. The molecule has 0 unspecified atom stereocenters. The predicted octanol–water partition coefficient (Wildman–Crippen LogP) is 2.04. The van der Waals surface area contributed by atoms with Crippen LogP contribution in [-0.4, -0.2) is 20.0 Å². The second-order valence-corrected chi connectivity index (χ2v) is 3.86. The zero-order chi connectivity index (χ0) is 10.1. The van der Waals surface area contributed by atoms with Crippen LogP contribution in [0, 0.1) is 5.92 Å². The Hall–Kier alpha value is -1.45. The Morgan fingerprint density at radius 2 is 2.07 bits per heavy atom. The molecule has 0 N–H and O–H groups in total. The number of fused-ring (bicyclic) bond motifs is 1. The van der Waals surface area contributed by atoms with E-state index in [1.165, 1.54) is 0 Å². The van der Waals surface area contributed by atoms with Gasteiger partial charge in [0.2, 0.25) is 0 Å². The van der Waals surface area contributed by atoms with Crippen molar-refractivity contribution in [1.82, 2.24) is 20.0 Å². The van der Waals surface area contributed by atoms with Crippen molar-refractivity contribution in [3.63, 3.8) is 0 Å². The predicted molar refractivity (Wildman–Crippen MR) is 54.9 cm³/mol. The van der Waals surface area contributed by atoms with Crippen LogP contribution in [0.3, 0.4) is 0 Å². The lowest BCUT2D eigenvalue weighted by atomic mass is 10.1. The molecule has 1 atom stereocenters. The lowest BCUT2D eigenvalue weighted by Gasteiger charge is -2.15. The summed E-state index contributed by atoms with van der Waals surface area (Å²) in [5, 5.41) is 8.19. The van der Waals surface area contributed by atoms with Gasteiger partial charge in [-0.1, -0.05) is 19.1 Å². The Bertz CT molecular complexity index is 432. The highest BCUT2D eigenvalue weighted by Crippen LogP contribution is 2.19. The van der Waals surface area contributed by atoms with Crippen LogP contribution in [0.1, 0.15) is 26.8 Å². The van der Waals surface area contributed by atoms with E-state index in [9.17, 15) is 0 Å². The molecular weight excluding hydrogens is 176 g/mol. The number of pyridine rings is 1. The minimum absolute atomic E-state index is 0.329. The summed E-state index contributed by atoms with van der Waals surface area (Å²) in [5.41, 5.74) is 1.73. The molecule has 0 aliphatic rings. The molecule has 0 spiro atoms. The molecule has 0 radical (unpaired) electrons. The van der Waals surface area contributed by atoms with E-state index in [1.807, 2.05) is 16.8 Å². The number of hydrogen-bond donors (Lipinski definition) is 0. The molecule has 0 fully saturated rings. The van der Waals surface area contributed by atoms with E-state index in [4.69, 9.17) is 0 Å². The normalized spacial score (nSPS) is 13.7. The number of rotatable bonds is 2. The molecule has 74 valence electrons. The fourth-order valence-electron chi connectivity index (χ4n) is 1.34. The van der Waals surface area contributed by atoms with Crippen molar-refractivity contribution in [3.8, 4) is 0 Å². The van der Waals surface area contributed by atoms with Crippen LogP contribution in [0.4, 0.5) is 0 Å². The molecule has 14 heavy (non-hydrogen) atoms. The quantitative estimate of drug-likeness (QED) is 0.727.